The lowest BCUT2D eigenvalue weighted by atomic mass is 10.1. The Hall–Kier alpha value is -1.24. The molecule has 0 radical (unpaired) electrons. The van der Waals surface area contributed by atoms with Gasteiger partial charge >= 0.3 is 0 Å². The SMILES string of the molecule is Cc1nc(COCC2CN(C3CCCC3)Cc3cncn32)cs1. The number of hydrogen-bond acceptors (Lipinski definition) is 5. The van der Waals surface area contributed by atoms with Gasteiger partial charge in [-0.1, -0.05) is 12.8 Å². The van der Waals surface area contributed by atoms with E-state index in [0.717, 1.165) is 36.4 Å². The Balaban J connectivity index is 1.40. The molecule has 124 valence electrons. The molecule has 0 bridgehead atoms. The Labute approximate surface area is 141 Å². The van der Waals surface area contributed by atoms with Gasteiger partial charge < -0.3 is 9.30 Å². The molecule has 3 heterocycles. The van der Waals surface area contributed by atoms with Crippen molar-refractivity contribution in [3.05, 3.63) is 34.3 Å². The first-order chi connectivity index (χ1) is 11.3. The summed E-state index contributed by atoms with van der Waals surface area (Å²) in [5.74, 6) is 0. The van der Waals surface area contributed by atoms with Gasteiger partial charge in [0.05, 0.1) is 42.0 Å². The highest BCUT2D eigenvalue weighted by Gasteiger charge is 2.31. The van der Waals surface area contributed by atoms with Crippen molar-refractivity contribution in [2.24, 2.45) is 0 Å². The number of aromatic nitrogens is 3. The topological polar surface area (TPSA) is 43.2 Å². The van der Waals surface area contributed by atoms with Crippen molar-refractivity contribution in [3.8, 4) is 0 Å². The van der Waals surface area contributed by atoms with E-state index >= 15 is 0 Å². The molecule has 23 heavy (non-hydrogen) atoms. The first kappa shape index (κ1) is 15.3. The zero-order valence-electron chi connectivity index (χ0n) is 13.6. The third-order valence-electron chi connectivity index (χ3n) is 5.02. The molecule has 1 unspecified atom stereocenters. The van der Waals surface area contributed by atoms with Gasteiger partial charge in [-0.15, -0.1) is 11.3 Å². The summed E-state index contributed by atoms with van der Waals surface area (Å²) in [6, 6.07) is 1.11. The maximum Gasteiger partial charge on any atom is 0.0952 e. The van der Waals surface area contributed by atoms with Crippen molar-refractivity contribution in [1.29, 1.82) is 0 Å². The first-order valence-corrected chi connectivity index (χ1v) is 9.41. The molecular weight excluding hydrogens is 308 g/mol. The summed E-state index contributed by atoms with van der Waals surface area (Å²) < 4.78 is 8.28. The molecule has 4 rings (SSSR count). The molecule has 2 aromatic heterocycles. The molecule has 2 aromatic rings. The van der Waals surface area contributed by atoms with Gasteiger partial charge in [-0.2, -0.15) is 0 Å². The minimum atomic E-state index is 0.363. The second-order valence-electron chi connectivity index (χ2n) is 6.69. The largest absolute Gasteiger partial charge is 0.373 e. The monoisotopic (exact) mass is 332 g/mol. The van der Waals surface area contributed by atoms with Gasteiger partial charge in [0.25, 0.3) is 0 Å². The van der Waals surface area contributed by atoms with E-state index in [-0.39, 0.29) is 0 Å². The van der Waals surface area contributed by atoms with Crippen LogP contribution in [0.3, 0.4) is 0 Å². The number of fused-ring (bicyclic) bond motifs is 1. The normalized spacial score (nSPS) is 22.6. The van der Waals surface area contributed by atoms with Crippen LogP contribution < -0.4 is 0 Å². The van der Waals surface area contributed by atoms with Gasteiger partial charge in [0.1, 0.15) is 0 Å². The van der Waals surface area contributed by atoms with Gasteiger partial charge in [-0.25, -0.2) is 9.97 Å². The molecule has 1 saturated carbocycles. The van der Waals surface area contributed by atoms with Crippen LogP contribution >= 0.6 is 11.3 Å². The smallest absolute Gasteiger partial charge is 0.0952 e. The van der Waals surface area contributed by atoms with Crippen LogP contribution in [-0.4, -0.2) is 38.6 Å². The summed E-state index contributed by atoms with van der Waals surface area (Å²) in [5, 5.41) is 3.19. The molecule has 1 aliphatic heterocycles. The standard InChI is InChI=1S/C17H24N4OS/c1-13-19-14(11-23-13)9-22-10-17-8-20(15-4-2-3-5-15)7-16-6-18-12-21(16)17/h6,11-12,15,17H,2-5,7-10H2,1H3. The van der Waals surface area contributed by atoms with E-state index in [2.05, 4.69) is 24.8 Å². The van der Waals surface area contributed by atoms with Crippen molar-refractivity contribution >= 4 is 11.3 Å². The zero-order chi connectivity index (χ0) is 15.6. The zero-order valence-corrected chi connectivity index (χ0v) is 14.5. The van der Waals surface area contributed by atoms with Gasteiger partial charge in [0.15, 0.2) is 0 Å². The highest BCUT2D eigenvalue weighted by molar-refractivity contribution is 7.09. The van der Waals surface area contributed by atoms with E-state index in [9.17, 15) is 0 Å². The maximum atomic E-state index is 5.98. The highest BCUT2D eigenvalue weighted by atomic mass is 32.1. The summed E-state index contributed by atoms with van der Waals surface area (Å²) in [7, 11) is 0. The lowest BCUT2D eigenvalue weighted by Gasteiger charge is -2.37. The quantitative estimate of drug-likeness (QED) is 0.843. The van der Waals surface area contributed by atoms with Crippen LogP contribution in [0, 0.1) is 6.92 Å². The van der Waals surface area contributed by atoms with Crippen LogP contribution in [0.15, 0.2) is 17.9 Å². The Morgan fingerprint density at radius 2 is 2.22 bits per heavy atom. The Morgan fingerprint density at radius 3 is 3.00 bits per heavy atom. The van der Waals surface area contributed by atoms with E-state index in [1.165, 1.54) is 31.4 Å². The van der Waals surface area contributed by atoms with Crippen molar-refractivity contribution in [3.63, 3.8) is 0 Å². The molecule has 0 aromatic carbocycles. The lowest BCUT2D eigenvalue weighted by Crippen LogP contribution is -2.43. The lowest BCUT2D eigenvalue weighted by molar-refractivity contribution is 0.0473. The Morgan fingerprint density at radius 1 is 1.35 bits per heavy atom. The average Bonchev–Trinajstić information content (AvgIpc) is 3.28. The van der Waals surface area contributed by atoms with Crippen molar-refractivity contribution in [2.75, 3.05) is 13.2 Å². The summed E-state index contributed by atoms with van der Waals surface area (Å²) in [5.41, 5.74) is 2.36. The van der Waals surface area contributed by atoms with Crippen LogP contribution in [0.1, 0.15) is 48.1 Å². The van der Waals surface area contributed by atoms with Crippen LogP contribution in [0.2, 0.25) is 0 Å². The van der Waals surface area contributed by atoms with Crippen molar-refractivity contribution in [1.82, 2.24) is 19.4 Å². The molecule has 2 aliphatic rings. The number of nitrogens with zero attached hydrogens (tertiary/aromatic N) is 4. The number of ether oxygens (including phenoxy) is 1. The van der Waals surface area contributed by atoms with Crippen LogP contribution in [0.25, 0.3) is 0 Å². The van der Waals surface area contributed by atoms with Crippen LogP contribution in [0.4, 0.5) is 0 Å². The predicted molar refractivity (Wildman–Crippen MR) is 90.4 cm³/mol. The van der Waals surface area contributed by atoms with E-state index in [0.29, 0.717) is 12.6 Å². The molecule has 1 fully saturated rings. The van der Waals surface area contributed by atoms with E-state index in [1.807, 2.05) is 19.4 Å². The fourth-order valence-electron chi connectivity index (χ4n) is 3.87. The summed E-state index contributed by atoms with van der Waals surface area (Å²) in [4.78, 5) is 11.5. The Kier molecular flexibility index (Phi) is 4.46. The minimum absolute atomic E-state index is 0.363. The third kappa shape index (κ3) is 3.34. The minimum Gasteiger partial charge on any atom is -0.373 e. The second kappa shape index (κ2) is 6.71. The molecule has 1 atom stereocenters. The summed E-state index contributed by atoms with van der Waals surface area (Å²) >= 11 is 1.68. The van der Waals surface area contributed by atoms with Gasteiger partial charge in [0, 0.05) is 30.7 Å². The molecule has 6 heteroatoms. The molecule has 1 aliphatic carbocycles. The average molecular weight is 332 g/mol. The molecule has 0 saturated heterocycles. The number of rotatable bonds is 5. The third-order valence-corrected chi connectivity index (χ3v) is 5.84. The van der Waals surface area contributed by atoms with Crippen molar-refractivity contribution in [2.45, 2.75) is 57.8 Å². The molecule has 0 spiro atoms. The van der Waals surface area contributed by atoms with Gasteiger partial charge in [-0.3, -0.25) is 4.90 Å². The first-order valence-electron chi connectivity index (χ1n) is 8.53. The van der Waals surface area contributed by atoms with Gasteiger partial charge in [-0.05, 0) is 19.8 Å². The fraction of sp³-hybridized carbons (Fsp3) is 0.647. The highest BCUT2D eigenvalue weighted by Crippen LogP contribution is 2.30. The number of thiazole rings is 1. The van der Waals surface area contributed by atoms with E-state index in [1.54, 1.807) is 11.3 Å². The fourth-order valence-corrected chi connectivity index (χ4v) is 4.47. The number of aryl methyl sites for hydroxylation is 1. The van der Waals surface area contributed by atoms with Crippen molar-refractivity contribution < 1.29 is 4.74 Å². The predicted octanol–water partition coefficient (Wildman–Crippen LogP) is 3.16. The number of hydrogen-bond donors (Lipinski definition) is 0. The van der Waals surface area contributed by atoms with Crippen LogP contribution in [-0.2, 0) is 17.9 Å². The Bertz CT molecular complexity index is 647. The number of imidazole rings is 1. The molecule has 5 nitrogen and oxygen atoms in total. The summed E-state index contributed by atoms with van der Waals surface area (Å²) in [6.45, 7) is 5.47. The summed E-state index contributed by atoms with van der Waals surface area (Å²) in [6.07, 6.45) is 9.43. The molecule has 0 amide bonds. The molecular formula is C17H24N4OS. The maximum absolute atomic E-state index is 5.98. The molecule has 0 N–H and O–H groups in total. The second-order valence-corrected chi connectivity index (χ2v) is 7.75. The van der Waals surface area contributed by atoms with Crippen LogP contribution in [0.5, 0.6) is 0 Å². The van der Waals surface area contributed by atoms with E-state index < -0.39 is 0 Å². The van der Waals surface area contributed by atoms with Gasteiger partial charge in [0.2, 0.25) is 0 Å². The van der Waals surface area contributed by atoms with E-state index in [4.69, 9.17) is 4.74 Å².